The van der Waals surface area contributed by atoms with E-state index in [-0.39, 0.29) is 18.1 Å². The number of hydrogen-bond donors (Lipinski definition) is 2. The molecule has 106 valence electrons. The number of nitrogens with one attached hydrogen (secondary N) is 1. The van der Waals surface area contributed by atoms with E-state index in [1.54, 1.807) is 24.3 Å². The Bertz CT molecular complexity index is 538. The van der Waals surface area contributed by atoms with Crippen molar-refractivity contribution in [1.29, 1.82) is 0 Å². The quantitative estimate of drug-likeness (QED) is 0.873. The van der Waals surface area contributed by atoms with Gasteiger partial charge in [0.15, 0.2) is 0 Å². The summed E-state index contributed by atoms with van der Waals surface area (Å²) < 4.78 is 0. The van der Waals surface area contributed by atoms with E-state index < -0.39 is 6.23 Å². The van der Waals surface area contributed by atoms with Crippen molar-refractivity contribution >= 4 is 11.7 Å². The zero-order valence-electron chi connectivity index (χ0n) is 11.1. The van der Waals surface area contributed by atoms with Crippen molar-refractivity contribution in [3.63, 3.8) is 0 Å². The SMILES string of the molecule is O=C(CC1=N[C@H](c2ccccc2O)ON1)N1CCCC1. The first-order chi connectivity index (χ1) is 9.74. The zero-order chi connectivity index (χ0) is 13.9. The summed E-state index contributed by atoms with van der Waals surface area (Å²) in [4.78, 5) is 23.5. The number of phenols is 1. The predicted molar refractivity (Wildman–Crippen MR) is 72.9 cm³/mol. The van der Waals surface area contributed by atoms with Crippen molar-refractivity contribution in [2.45, 2.75) is 25.5 Å². The lowest BCUT2D eigenvalue weighted by molar-refractivity contribution is -0.128. The third-order valence-electron chi connectivity index (χ3n) is 3.54. The van der Waals surface area contributed by atoms with Gasteiger partial charge in [0.25, 0.3) is 0 Å². The number of phenolic OH excluding ortho intramolecular Hbond substituents is 1. The summed E-state index contributed by atoms with van der Waals surface area (Å²) in [5.41, 5.74) is 3.26. The van der Waals surface area contributed by atoms with Gasteiger partial charge in [-0.2, -0.15) is 0 Å². The van der Waals surface area contributed by atoms with Crippen LogP contribution in [0.5, 0.6) is 5.75 Å². The molecule has 2 N–H and O–H groups in total. The van der Waals surface area contributed by atoms with Gasteiger partial charge in [-0.25, -0.2) is 15.3 Å². The lowest BCUT2D eigenvalue weighted by atomic mass is 10.2. The van der Waals surface area contributed by atoms with Crippen LogP contribution in [0.2, 0.25) is 0 Å². The van der Waals surface area contributed by atoms with Crippen molar-refractivity contribution in [2.24, 2.45) is 4.99 Å². The molecule has 6 heteroatoms. The molecule has 0 aromatic heterocycles. The molecule has 6 nitrogen and oxygen atoms in total. The van der Waals surface area contributed by atoms with Gasteiger partial charge in [0.1, 0.15) is 11.6 Å². The topological polar surface area (TPSA) is 74.2 Å². The number of benzene rings is 1. The van der Waals surface area contributed by atoms with E-state index in [1.165, 1.54) is 0 Å². The molecule has 1 saturated heterocycles. The van der Waals surface area contributed by atoms with Crippen molar-refractivity contribution < 1.29 is 14.7 Å². The highest BCUT2D eigenvalue weighted by Crippen LogP contribution is 2.29. The molecule has 0 radical (unpaired) electrons. The maximum Gasteiger partial charge on any atom is 0.230 e. The molecule has 1 amide bonds. The summed E-state index contributed by atoms with van der Waals surface area (Å²) in [5.74, 6) is 0.709. The fourth-order valence-corrected chi connectivity index (χ4v) is 2.45. The first kappa shape index (κ1) is 12.9. The molecule has 1 atom stereocenters. The first-order valence-electron chi connectivity index (χ1n) is 6.78. The number of carbonyl (C=O) groups excluding carboxylic acids is 1. The van der Waals surface area contributed by atoms with E-state index in [0.717, 1.165) is 25.9 Å². The molecule has 1 aromatic rings. The van der Waals surface area contributed by atoms with Gasteiger partial charge in [-0.1, -0.05) is 18.2 Å². The summed E-state index contributed by atoms with van der Waals surface area (Å²) in [5, 5.41) is 9.76. The molecular formula is C14H17N3O3. The molecule has 0 aliphatic carbocycles. The van der Waals surface area contributed by atoms with E-state index in [0.29, 0.717) is 11.4 Å². The number of amides is 1. The van der Waals surface area contributed by atoms with Crippen molar-refractivity contribution in [3.05, 3.63) is 29.8 Å². The Balaban J connectivity index is 1.66. The number of hydrogen-bond acceptors (Lipinski definition) is 5. The highest BCUT2D eigenvalue weighted by molar-refractivity contribution is 6.00. The lowest BCUT2D eigenvalue weighted by Crippen LogP contribution is -2.32. The van der Waals surface area contributed by atoms with Crippen LogP contribution in [0.4, 0.5) is 0 Å². The fraction of sp³-hybridized carbons (Fsp3) is 0.429. The number of para-hydroxylation sites is 1. The summed E-state index contributed by atoms with van der Waals surface area (Å²) in [6, 6.07) is 6.88. The van der Waals surface area contributed by atoms with Crippen LogP contribution in [0.15, 0.2) is 29.3 Å². The van der Waals surface area contributed by atoms with Crippen LogP contribution >= 0.6 is 0 Å². The number of nitrogens with zero attached hydrogens (tertiary/aromatic N) is 2. The third kappa shape index (κ3) is 2.60. The molecule has 20 heavy (non-hydrogen) atoms. The average Bonchev–Trinajstić information content (AvgIpc) is 3.10. The number of aliphatic imine (C=N–C) groups is 1. The van der Waals surface area contributed by atoms with Crippen LogP contribution in [0.25, 0.3) is 0 Å². The Morgan fingerprint density at radius 3 is 2.90 bits per heavy atom. The Kier molecular flexibility index (Phi) is 3.56. The minimum atomic E-state index is -0.599. The van der Waals surface area contributed by atoms with Gasteiger partial charge >= 0.3 is 0 Å². The number of aromatic hydroxyl groups is 1. The number of hydroxylamine groups is 1. The highest BCUT2D eigenvalue weighted by atomic mass is 16.7. The number of likely N-dealkylation sites (tertiary alicyclic amines) is 1. The fourth-order valence-electron chi connectivity index (χ4n) is 2.45. The monoisotopic (exact) mass is 275 g/mol. The maximum absolute atomic E-state index is 12.0. The predicted octanol–water partition coefficient (Wildman–Crippen LogP) is 1.34. The van der Waals surface area contributed by atoms with E-state index in [2.05, 4.69) is 10.5 Å². The second-order valence-electron chi connectivity index (χ2n) is 4.97. The van der Waals surface area contributed by atoms with Crippen LogP contribution in [0.1, 0.15) is 31.1 Å². The standard InChI is InChI=1S/C14H17N3O3/c18-11-6-2-1-5-10(11)14-15-12(16-20-14)9-13(19)17-7-3-4-8-17/h1-2,5-6,14,18H,3-4,7-9H2,(H,15,16)/t14-/m0/s1. The maximum atomic E-state index is 12.0. The van der Waals surface area contributed by atoms with Gasteiger partial charge in [-0.15, -0.1) is 0 Å². The Morgan fingerprint density at radius 1 is 1.40 bits per heavy atom. The zero-order valence-corrected chi connectivity index (χ0v) is 11.1. The average molecular weight is 275 g/mol. The number of carbonyl (C=O) groups is 1. The highest BCUT2D eigenvalue weighted by Gasteiger charge is 2.26. The van der Waals surface area contributed by atoms with Crippen molar-refractivity contribution in [1.82, 2.24) is 10.4 Å². The van der Waals surface area contributed by atoms with E-state index >= 15 is 0 Å². The Labute approximate surface area is 117 Å². The molecule has 0 unspecified atom stereocenters. The largest absolute Gasteiger partial charge is 0.507 e. The second-order valence-corrected chi connectivity index (χ2v) is 4.97. The molecule has 2 aliphatic rings. The Morgan fingerprint density at radius 2 is 2.15 bits per heavy atom. The smallest absolute Gasteiger partial charge is 0.230 e. The third-order valence-corrected chi connectivity index (χ3v) is 3.54. The molecule has 1 aromatic carbocycles. The van der Waals surface area contributed by atoms with Crippen LogP contribution in [-0.4, -0.2) is 34.8 Å². The molecule has 0 spiro atoms. The van der Waals surface area contributed by atoms with Crippen LogP contribution < -0.4 is 5.48 Å². The molecule has 1 fully saturated rings. The van der Waals surface area contributed by atoms with Crippen LogP contribution in [-0.2, 0) is 9.63 Å². The molecule has 2 heterocycles. The lowest BCUT2D eigenvalue weighted by Gasteiger charge is -2.14. The minimum absolute atomic E-state index is 0.0651. The van der Waals surface area contributed by atoms with E-state index in [4.69, 9.17) is 4.84 Å². The second kappa shape index (κ2) is 5.50. The molecular weight excluding hydrogens is 258 g/mol. The van der Waals surface area contributed by atoms with Crippen molar-refractivity contribution in [2.75, 3.05) is 13.1 Å². The van der Waals surface area contributed by atoms with Crippen molar-refractivity contribution in [3.8, 4) is 5.75 Å². The van der Waals surface area contributed by atoms with Gasteiger partial charge in [0.05, 0.1) is 6.42 Å². The molecule has 0 bridgehead atoms. The Hall–Kier alpha value is -2.08. The van der Waals surface area contributed by atoms with Crippen LogP contribution in [0.3, 0.4) is 0 Å². The van der Waals surface area contributed by atoms with Gasteiger partial charge in [-0.3, -0.25) is 4.79 Å². The van der Waals surface area contributed by atoms with E-state index in [9.17, 15) is 9.90 Å². The first-order valence-corrected chi connectivity index (χ1v) is 6.78. The summed E-state index contributed by atoms with van der Waals surface area (Å²) in [7, 11) is 0. The molecule has 0 saturated carbocycles. The van der Waals surface area contributed by atoms with Gasteiger partial charge in [-0.05, 0) is 18.9 Å². The number of rotatable bonds is 3. The number of amidine groups is 1. The van der Waals surface area contributed by atoms with Gasteiger partial charge < -0.3 is 10.0 Å². The minimum Gasteiger partial charge on any atom is -0.507 e. The normalized spacial score (nSPS) is 21.7. The molecule has 3 rings (SSSR count). The summed E-state index contributed by atoms with van der Waals surface area (Å²) in [6.45, 7) is 1.66. The summed E-state index contributed by atoms with van der Waals surface area (Å²) >= 11 is 0. The van der Waals surface area contributed by atoms with Gasteiger partial charge in [0.2, 0.25) is 12.1 Å². The van der Waals surface area contributed by atoms with E-state index in [1.807, 2.05) is 4.90 Å². The van der Waals surface area contributed by atoms with Crippen LogP contribution in [0, 0.1) is 0 Å². The van der Waals surface area contributed by atoms with Gasteiger partial charge in [0, 0.05) is 18.7 Å². The molecule has 2 aliphatic heterocycles. The summed E-state index contributed by atoms with van der Waals surface area (Å²) in [6.07, 6.45) is 1.76.